The van der Waals surface area contributed by atoms with Gasteiger partial charge < -0.3 is 9.64 Å². The van der Waals surface area contributed by atoms with E-state index in [0.717, 1.165) is 47.4 Å². The summed E-state index contributed by atoms with van der Waals surface area (Å²) in [5.74, 6) is 6.24. The third-order valence-corrected chi connectivity index (χ3v) is 6.20. The molecule has 1 aliphatic rings. The van der Waals surface area contributed by atoms with Crippen molar-refractivity contribution in [1.29, 1.82) is 0 Å². The molecule has 1 amide bonds. The normalized spacial score (nSPS) is 15.5. The van der Waals surface area contributed by atoms with Crippen LogP contribution in [0.1, 0.15) is 43.6 Å². The Kier molecular flexibility index (Phi) is 6.44. The lowest BCUT2D eigenvalue weighted by Gasteiger charge is -2.33. The second-order valence-electron chi connectivity index (χ2n) is 8.48. The standard InChI is InChI=1S/C28H25FN4O2/c1-2-6-26(34)32-15-4-3-9-24(32)28-31-27(25-18-30-14-16-33(25)28)21-12-10-20(11-13-21)19-35-23-8-5-7-22(29)17-23/h5,7-8,10-14,16-18,24H,3-4,9,15,19H2,1H3/t24-/m0/s1. The number of benzene rings is 2. The average molecular weight is 469 g/mol. The summed E-state index contributed by atoms with van der Waals surface area (Å²) in [6, 6.07) is 13.9. The van der Waals surface area contributed by atoms with Crippen molar-refractivity contribution < 1.29 is 13.9 Å². The molecule has 0 bridgehead atoms. The van der Waals surface area contributed by atoms with E-state index in [1.807, 2.05) is 39.8 Å². The molecule has 4 aromatic rings. The molecule has 1 fully saturated rings. The van der Waals surface area contributed by atoms with Crippen LogP contribution in [-0.2, 0) is 11.4 Å². The van der Waals surface area contributed by atoms with Crippen molar-refractivity contribution in [2.24, 2.45) is 0 Å². The molecule has 0 saturated carbocycles. The number of ether oxygens (including phenoxy) is 1. The smallest absolute Gasteiger partial charge is 0.299 e. The summed E-state index contributed by atoms with van der Waals surface area (Å²) >= 11 is 0. The fourth-order valence-corrected chi connectivity index (χ4v) is 4.51. The molecular weight excluding hydrogens is 443 g/mol. The molecular formula is C28H25FN4O2. The highest BCUT2D eigenvalue weighted by Gasteiger charge is 2.31. The molecule has 0 radical (unpaired) electrons. The lowest BCUT2D eigenvalue weighted by Crippen LogP contribution is -2.38. The molecule has 3 heterocycles. The summed E-state index contributed by atoms with van der Waals surface area (Å²) < 4.78 is 21.1. The molecule has 0 spiro atoms. The van der Waals surface area contributed by atoms with Crippen molar-refractivity contribution in [3.63, 3.8) is 0 Å². The number of amides is 1. The molecule has 7 heteroatoms. The van der Waals surface area contributed by atoms with Crippen LogP contribution in [0.15, 0.2) is 67.1 Å². The van der Waals surface area contributed by atoms with Crippen molar-refractivity contribution >= 4 is 11.4 Å². The monoisotopic (exact) mass is 468 g/mol. The number of rotatable bonds is 5. The predicted molar refractivity (Wildman–Crippen MR) is 131 cm³/mol. The van der Waals surface area contributed by atoms with Gasteiger partial charge in [0.1, 0.15) is 24.0 Å². The minimum Gasteiger partial charge on any atom is -0.489 e. The van der Waals surface area contributed by atoms with E-state index in [2.05, 4.69) is 16.8 Å². The van der Waals surface area contributed by atoms with Gasteiger partial charge in [0.25, 0.3) is 5.91 Å². The maximum Gasteiger partial charge on any atom is 0.299 e. The fraction of sp³-hybridized carbons (Fsp3) is 0.250. The fourth-order valence-electron chi connectivity index (χ4n) is 4.51. The maximum atomic E-state index is 13.4. The molecule has 2 aromatic heterocycles. The molecule has 1 aliphatic heterocycles. The summed E-state index contributed by atoms with van der Waals surface area (Å²) in [7, 11) is 0. The first-order valence-corrected chi connectivity index (χ1v) is 11.7. The van der Waals surface area contributed by atoms with Crippen molar-refractivity contribution in [3.05, 3.63) is 84.3 Å². The van der Waals surface area contributed by atoms with Gasteiger partial charge in [-0.05, 0) is 49.8 Å². The van der Waals surface area contributed by atoms with Gasteiger partial charge >= 0.3 is 0 Å². The Balaban J connectivity index is 1.44. The summed E-state index contributed by atoms with van der Waals surface area (Å²) in [5.41, 5.74) is 3.59. The van der Waals surface area contributed by atoms with E-state index in [1.165, 1.54) is 12.1 Å². The SMILES string of the molecule is CC#CC(=O)N1CCCC[C@H]1c1nc(-c2ccc(COc3cccc(F)c3)cc2)c2cnccn12. The number of piperidine rings is 1. The largest absolute Gasteiger partial charge is 0.489 e. The van der Waals surface area contributed by atoms with Crippen LogP contribution in [0.25, 0.3) is 16.8 Å². The second kappa shape index (κ2) is 9.98. The van der Waals surface area contributed by atoms with E-state index >= 15 is 0 Å². The van der Waals surface area contributed by atoms with Crippen molar-refractivity contribution in [3.8, 4) is 28.8 Å². The number of imidazole rings is 1. The van der Waals surface area contributed by atoms with Crippen LogP contribution in [0.4, 0.5) is 4.39 Å². The van der Waals surface area contributed by atoms with Gasteiger partial charge in [0.15, 0.2) is 0 Å². The minimum absolute atomic E-state index is 0.139. The number of carbonyl (C=O) groups excluding carboxylic acids is 1. The number of nitrogens with zero attached hydrogens (tertiary/aromatic N) is 4. The van der Waals surface area contributed by atoms with Crippen molar-refractivity contribution in [2.45, 2.75) is 38.8 Å². The van der Waals surface area contributed by atoms with Gasteiger partial charge in [-0.1, -0.05) is 36.3 Å². The highest BCUT2D eigenvalue weighted by Crippen LogP contribution is 2.34. The number of likely N-dealkylation sites (tertiary alicyclic amines) is 1. The van der Waals surface area contributed by atoms with Gasteiger partial charge in [0, 0.05) is 30.6 Å². The maximum absolute atomic E-state index is 13.4. The number of carbonyl (C=O) groups is 1. The van der Waals surface area contributed by atoms with Gasteiger partial charge in [0.2, 0.25) is 0 Å². The molecule has 176 valence electrons. The lowest BCUT2D eigenvalue weighted by atomic mass is 10.0. The van der Waals surface area contributed by atoms with Crippen molar-refractivity contribution in [2.75, 3.05) is 6.54 Å². The Morgan fingerprint density at radius 3 is 2.86 bits per heavy atom. The molecule has 0 aliphatic carbocycles. The first kappa shape index (κ1) is 22.6. The zero-order valence-electron chi connectivity index (χ0n) is 19.4. The first-order chi connectivity index (χ1) is 17.1. The van der Waals surface area contributed by atoms with Gasteiger partial charge in [-0.15, -0.1) is 0 Å². The van der Waals surface area contributed by atoms with Crippen LogP contribution in [0, 0.1) is 17.7 Å². The third-order valence-electron chi connectivity index (χ3n) is 6.20. The van der Waals surface area contributed by atoms with E-state index in [9.17, 15) is 9.18 Å². The van der Waals surface area contributed by atoms with E-state index in [4.69, 9.17) is 9.72 Å². The Morgan fingerprint density at radius 1 is 1.20 bits per heavy atom. The van der Waals surface area contributed by atoms with Crippen LogP contribution in [0.2, 0.25) is 0 Å². The number of hydrogen-bond donors (Lipinski definition) is 0. The highest BCUT2D eigenvalue weighted by atomic mass is 19.1. The minimum atomic E-state index is -0.325. The molecule has 1 saturated heterocycles. The molecule has 35 heavy (non-hydrogen) atoms. The molecule has 0 unspecified atom stereocenters. The first-order valence-electron chi connectivity index (χ1n) is 11.7. The van der Waals surface area contributed by atoms with Gasteiger partial charge in [-0.25, -0.2) is 9.37 Å². The number of halogens is 1. The second-order valence-corrected chi connectivity index (χ2v) is 8.48. The van der Waals surface area contributed by atoms with E-state index < -0.39 is 0 Å². The average Bonchev–Trinajstić information content (AvgIpc) is 3.28. The Hall–Kier alpha value is -4.18. The van der Waals surface area contributed by atoms with E-state index in [-0.39, 0.29) is 17.8 Å². The Labute approximate surface area is 203 Å². The summed E-state index contributed by atoms with van der Waals surface area (Å²) in [6.07, 6.45) is 8.26. The predicted octanol–water partition coefficient (Wildman–Crippen LogP) is 5.19. The quantitative estimate of drug-likeness (QED) is 0.378. The number of hydrogen-bond acceptors (Lipinski definition) is 4. The van der Waals surface area contributed by atoms with Crippen molar-refractivity contribution in [1.82, 2.24) is 19.3 Å². The van der Waals surface area contributed by atoms with Crippen LogP contribution >= 0.6 is 0 Å². The van der Waals surface area contributed by atoms with Gasteiger partial charge in [-0.2, -0.15) is 0 Å². The van der Waals surface area contributed by atoms with E-state index in [1.54, 1.807) is 31.5 Å². The molecule has 0 N–H and O–H groups in total. The van der Waals surface area contributed by atoms with Gasteiger partial charge in [0.05, 0.1) is 23.4 Å². The lowest BCUT2D eigenvalue weighted by molar-refractivity contribution is -0.129. The third kappa shape index (κ3) is 4.73. The number of fused-ring (bicyclic) bond motifs is 1. The molecule has 6 nitrogen and oxygen atoms in total. The van der Waals surface area contributed by atoms with Crippen LogP contribution in [0.5, 0.6) is 5.75 Å². The van der Waals surface area contributed by atoms with E-state index in [0.29, 0.717) is 18.9 Å². The molecule has 5 rings (SSSR count). The van der Waals surface area contributed by atoms with Crippen LogP contribution < -0.4 is 4.74 Å². The molecule has 2 aromatic carbocycles. The zero-order chi connectivity index (χ0) is 24.2. The summed E-state index contributed by atoms with van der Waals surface area (Å²) in [4.78, 5) is 23.9. The van der Waals surface area contributed by atoms with Gasteiger partial charge in [-0.3, -0.25) is 14.2 Å². The zero-order valence-corrected chi connectivity index (χ0v) is 19.4. The van der Waals surface area contributed by atoms with Crippen LogP contribution in [0.3, 0.4) is 0 Å². The topological polar surface area (TPSA) is 59.7 Å². The summed E-state index contributed by atoms with van der Waals surface area (Å²) in [5, 5.41) is 0. The summed E-state index contributed by atoms with van der Waals surface area (Å²) in [6.45, 7) is 2.68. The molecule has 1 atom stereocenters. The Bertz CT molecular complexity index is 1420. The van der Waals surface area contributed by atoms with Crippen LogP contribution in [-0.4, -0.2) is 31.7 Å². The highest BCUT2D eigenvalue weighted by molar-refractivity contribution is 5.93. The number of aromatic nitrogens is 3. The Morgan fingerprint density at radius 2 is 2.06 bits per heavy atom.